The van der Waals surface area contributed by atoms with E-state index in [9.17, 15) is 13.2 Å². The highest BCUT2D eigenvalue weighted by atomic mass is 32.2. The van der Waals surface area contributed by atoms with Crippen LogP contribution in [0.1, 0.15) is 39.5 Å². The molecule has 0 fully saturated rings. The van der Waals surface area contributed by atoms with Crippen molar-refractivity contribution in [1.29, 1.82) is 0 Å². The Balaban J connectivity index is 1.46. The number of hydrogen-bond donors (Lipinski definition) is 2. The molecule has 3 aromatic rings. The number of rotatable bonds is 5. The van der Waals surface area contributed by atoms with E-state index in [2.05, 4.69) is 22.2 Å². The van der Waals surface area contributed by atoms with Gasteiger partial charge in [0.1, 0.15) is 0 Å². The van der Waals surface area contributed by atoms with Crippen molar-refractivity contribution in [2.24, 2.45) is 0 Å². The standard InChI is InChI=1S/C24H24N2O3S2/c1-16-7-12-20(15-17(16)2)31(28,29)26-19-10-8-18(9-11-19)24(27)25-22-13-14-30-23-6-4-3-5-21(22)23/h3-12,15,22,26H,13-14H2,1-2H3,(H,25,27). The van der Waals surface area contributed by atoms with Gasteiger partial charge in [-0.25, -0.2) is 8.42 Å². The Hall–Kier alpha value is -2.77. The highest BCUT2D eigenvalue weighted by Gasteiger charge is 2.22. The van der Waals surface area contributed by atoms with Crippen LogP contribution in [0.15, 0.2) is 76.5 Å². The summed E-state index contributed by atoms with van der Waals surface area (Å²) in [4.78, 5) is 14.2. The van der Waals surface area contributed by atoms with E-state index in [-0.39, 0.29) is 16.8 Å². The number of amides is 1. The van der Waals surface area contributed by atoms with Crippen LogP contribution in [0.3, 0.4) is 0 Å². The number of thioether (sulfide) groups is 1. The lowest BCUT2D eigenvalue weighted by atomic mass is 10.0. The van der Waals surface area contributed by atoms with Crippen molar-refractivity contribution in [1.82, 2.24) is 5.32 Å². The summed E-state index contributed by atoms with van der Waals surface area (Å²) in [5, 5.41) is 3.11. The molecule has 5 nitrogen and oxygen atoms in total. The highest BCUT2D eigenvalue weighted by Crippen LogP contribution is 2.36. The molecule has 4 rings (SSSR count). The van der Waals surface area contributed by atoms with E-state index < -0.39 is 10.0 Å². The van der Waals surface area contributed by atoms with Gasteiger partial charge in [0, 0.05) is 21.9 Å². The van der Waals surface area contributed by atoms with Gasteiger partial charge in [-0.1, -0.05) is 24.3 Å². The largest absolute Gasteiger partial charge is 0.345 e. The van der Waals surface area contributed by atoms with Crippen LogP contribution in [0.2, 0.25) is 0 Å². The lowest BCUT2D eigenvalue weighted by molar-refractivity contribution is 0.0935. The van der Waals surface area contributed by atoms with Crippen LogP contribution >= 0.6 is 11.8 Å². The van der Waals surface area contributed by atoms with Crippen molar-refractivity contribution < 1.29 is 13.2 Å². The Kier molecular flexibility index (Phi) is 6.07. The summed E-state index contributed by atoms with van der Waals surface area (Å²) in [6.07, 6.45) is 0.876. The first kappa shape index (κ1) is 21.5. The molecule has 1 aliphatic heterocycles. The maximum atomic E-state index is 12.8. The smallest absolute Gasteiger partial charge is 0.261 e. The van der Waals surface area contributed by atoms with Gasteiger partial charge in [0.2, 0.25) is 0 Å². The van der Waals surface area contributed by atoms with Crippen LogP contribution in [-0.2, 0) is 10.0 Å². The SMILES string of the molecule is Cc1ccc(S(=O)(=O)Nc2ccc(C(=O)NC3CCSc4ccccc43)cc2)cc1C. The minimum absolute atomic E-state index is 0.0205. The second-order valence-electron chi connectivity index (χ2n) is 7.63. The number of carbonyl (C=O) groups excluding carboxylic acids is 1. The summed E-state index contributed by atoms with van der Waals surface area (Å²) in [6, 6.07) is 19.6. The number of benzene rings is 3. The highest BCUT2D eigenvalue weighted by molar-refractivity contribution is 7.99. The van der Waals surface area contributed by atoms with E-state index in [0.717, 1.165) is 28.9 Å². The summed E-state index contributed by atoms with van der Waals surface area (Å²) in [5.74, 6) is 0.788. The maximum Gasteiger partial charge on any atom is 0.261 e. The van der Waals surface area contributed by atoms with E-state index >= 15 is 0 Å². The average molecular weight is 453 g/mol. The molecule has 1 aliphatic rings. The van der Waals surface area contributed by atoms with Crippen molar-refractivity contribution >= 4 is 33.4 Å². The quantitative estimate of drug-likeness (QED) is 0.567. The molecule has 31 heavy (non-hydrogen) atoms. The third kappa shape index (κ3) is 4.78. The summed E-state index contributed by atoms with van der Waals surface area (Å²) in [6.45, 7) is 3.82. The zero-order valence-corrected chi connectivity index (χ0v) is 19.0. The molecular formula is C24H24N2O3S2. The minimum Gasteiger partial charge on any atom is -0.345 e. The third-order valence-corrected chi connectivity index (χ3v) is 7.95. The number of hydrogen-bond acceptors (Lipinski definition) is 4. The zero-order chi connectivity index (χ0) is 22.0. The summed E-state index contributed by atoms with van der Waals surface area (Å²) < 4.78 is 27.9. The molecule has 0 saturated heterocycles. The molecule has 1 unspecified atom stereocenters. The van der Waals surface area contributed by atoms with Crippen molar-refractivity contribution in [2.75, 3.05) is 10.5 Å². The van der Waals surface area contributed by atoms with Crippen LogP contribution in [0.5, 0.6) is 0 Å². The topological polar surface area (TPSA) is 75.3 Å². The van der Waals surface area contributed by atoms with E-state index in [1.165, 1.54) is 4.90 Å². The third-order valence-electron chi connectivity index (χ3n) is 5.45. The first-order valence-electron chi connectivity index (χ1n) is 10.1. The fraction of sp³-hybridized carbons (Fsp3) is 0.208. The predicted octanol–water partition coefficient (Wildman–Crippen LogP) is 5.07. The van der Waals surface area contributed by atoms with Gasteiger partial charge in [0.15, 0.2) is 0 Å². The summed E-state index contributed by atoms with van der Waals surface area (Å²) >= 11 is 1.81. The molecule has 2 N–H and O–H groups in total. The van der Waals surface area contributed by atoms with Gasteiger partial charge >= 0.3 is 0 Å². The second-order valence-corrected chi connectivity index (χ2v) is 10.4. The average Bonchev–Trinajstić information content (AvgIpc) is 2.76. The fourth-order valence-electron chi connectivity index (χ4n) is 3.52. The summed E-state index contributed by atoms with van der Waals surface area (Å²) in [5.41, 5.74) is 4.00. The second kappa shape index (κ2) is 8.77. The van der Waals surface area contributed by atoms with E-state index in [1.54, 1.807) is 54.2 Å². The lowest BCUT2D eigenvalue weighted by Gasteiger charge is -2.25. The Bertz CT molecular complexity index is 1220. The molecule has 0 bridgehead atoms. The van der Waals surface area contributed by atoms with Crippen LogP contribution < -0.4 is 10.0 Å². The van der Waals surface area contributed by atoms with Gasteiger partial charge in [0.25, 0.3) is 15.9 Å². The van der Waals surface area contributed by atoms with Crippen LogP contribution in [0.25, 0.3) is 0 Å². The molecule has 0 aliphatic carbocycles. The molecule has 3 aromatic carbocycles. The van der Waals surface area contributed by atoms with Gasteiger partial charge in [-0.2, -0.15) is 0 Å². The van der Waals surface area contributed by atoms with Gasteiger partial charge in [-0.05, 0) is 79.4 Å². The van der Waals surface area contributed by atoms with Gasteiger partial charge < -0.3 is 5.32 Å². The fourth-order valence-corrected chi connectivity index (χ4v) is 5.79. The van der Waals surface area contributed by atoms with Crippen molar-refractivity contribution in [3.63, 3.8) is 0 Å². The van der Waals surface area contributed by atoms with Gasteiger partial charge in [-0.3, -0.25) is 9.52 Å². The molecule has 0 aromatic heterocycles. The lowest BCUT2D eigenvalue weighted by Crippen LogP contribution is -2.30. The number of anilines is 1. The Morgan fingerprint density at radius 3 is 2.45 bits per heavy atom. The van der Waals surface area contributed by atoms with E-state index in [4.69, 9.17) is 0 Å². The molecule has 1 atom stereocenters. The van der Waals surface area contributed by atoms with Crippen molar-refractivity contribution in [3.8, 4) is 0 Å². The Labute approximate surface area is 187 Å². The zero-order valence-electron chi connectivity index (χ0n) is 17.4. The normalized spacial score (nSPS) is 15.7. The van der Waals surface area contributed by atoms with Crippen LogP contribution in [0.4, 0.5) is 5.69 Å². The molecule has 7 heteroatoms. The van der Waals surface area contributed by atoms with Crippen molar-refractivity contribution in [2.45, 2.75) is 36.1 Å². The van der Waals surface area contributed by atoms with Crippen molar-refractivity contribution in [3.05, 3.63) is 89.0 Å². The molecule has 0 saturated carbocycles. The molecule has 1 amide bonds. The molecule has 0 radical (unpaired) electrons. The summed E-state index contributed by atoms with van der Waals surface area (Å²) in [7, 11) is -3.69. The monoisotopic (exact) mass is 452 g/mol. The number of aryl methyl sites for hydroxylation is 2. The van der Waals surface area contributed by atoms with Crippen LogP contribution in [0, 0.1) is 13.8 Å². The van der Waals surface area contributed by atoms with Gasteiger partial charge in [0.05, 0.1) is 10.9 Å². The maximum absolute atomic E-state index is 12.8. The first-order chi connectivity index (χ1) is 14.8. The molecule has 0 spiro atoms. The number of nitrogens with one attached hydrogen (secondary N) is 2. The molecule has 1 heterocycles. The Morgan fingerprint density at radius 1 is 0.968 bits per heavy atom. The predicted molar refractivity (Wildman–Crippen MR) is 125 cm³/mol. The Morgan fingerprint density at radius 2 is 1.71 bits per heavy atom. The number of fused-ring (bicyclic) bond motifs is 1. The number of carbonyl (C=O) groups is 1. The van der Waals surface area contributed by atoms with E-state index in [0.29, 0.717) is 11.3 Å². The minimum atomic E-state index is -3.69. The molecular weight excluding hydrogens is 428 g/mol. The first-order valence-corrected chi connectivity index (χ1v) is 12.5. The molecule has 160 valence electrons. The van der Waals surface area contributed by atoms with E-state index in [1.807, 2.05) is 26.0 Å². The van der Waals surface area contributed by atoms with Gasteiger partial charge in [-0.15, -0.1) is 11.8 Å². The number of sulfonamides is 1. The van der Waals surface area contributed by atoms with Crippen LogP contribution in [-0.4, -0.2) is 20.1 Å².